The summed E-state index contributed by atoms with van der Waals surface area (Å²) in [4.78, 5) is 11.3. The van der Waals surface area contributed by atoms with Gasteiger partial charge in [-0.2, -0.15) is 5.10 Å². The maximum Gasteiger partial charge on any atom is 0.153 e. The number of aliphatic hydroxyl groups is 1. The molecule has 6 heteroatoms. The van der Waals surface area contributed by atoms with Crippen LogP contribution in [-0.2, 0) is 12.8 Å². The van der Waals surface area contributed by atoms with E-state index in [1.165, 1.54) is 18.2 Å². The molecule has 2 aromatic carbocycles. The van der Waals surface area contributed by atoms with E-state index in [9.17, 15) is 18.7 Å². The van der Waals surface area contributed by atoms with E-state index in [2.05, 4.69) is 18.1 Å². The average molecular weight is 434 g/mol. The lowest BCUT2D eigenvalue weighted by molar-refractivity contribution is -0.0461. The van der Waals surface area contributed by atoms with Crippen LogP contribution in [0.2, 0.25) is 0 Å². The SMILES string of the molecule is C[C@]12Cc3cnn(-c4ccc(F)cc4)c3C=C1CC[C@@]2(O)CCc1cccc(F)c1C=O. The van der Waals surface area contributed by atoms with Gasteiger partial charge in [-0.1, -0.05) is 24.6 Å². The minimum Gasteiger partial charge on any atom is -0.389 e. The number of nitrogens with zero attached hydrogens (tertiary/aromatic N) is 2. The van der Waals surface area contributed by atoms with Gasteiger partial charge in [0.15, 0.2) is 6.29 Å². The fraction of sp³-hybridized carbons (Fsp3) is 0.308. The maximum absolute atomic E-state index is 14.0. The zero-order valence-electron chi connectivity index (χ0n) is 17.8. The predicted molar refractivity (Wildman–Crippen MR) is 118 cm³/mol. The monoisotopic (exact) mass is 434 g/mol. The summed E-state index contributed by atoms with van der Waals surface area (Å²) in [5.41, 5.74) is 3.19. The minimum atomic E-state index is -0.971. The van der Waals surface area contributed by atoms with Crippen LogP contribution in [0.3, 0.4) is 0 Å². The van der Waals surface area contributed by atoms with Gasteiger partial charge in [-0.25, -0.2) is 13.5 Å². The van der Waals surface area contributed by atoms with Gasteiger partial charge in [0.1, 0.15) is 11.6 Å². The van der Waals surface area contributed by atoms with Gasteiger partial charge in [0.2, 0.25) is 0 Å². The Morgan fingerprint density at radius 2 is 1.97 bits per heavy atom. The van der Waals surface area contributed by atoms with Gasteiger partial charge < -0.3 is 5.11 Å². The van der Waals surface area contributed by atoms with Gasteiger partial charge in [0.25, 0.3) is 0 Å². The van der Waals surface area contributed by atoms with E-state index in [1.54, 1.807) is 24.3 Å². The van der Waals surface area contributed by atoms with Gasteiger partial charge in [-0.3, -0.25) is 4.79 Å². The number of rotatable bonds is 5. The molecule has 1 N–H and O–H groups in total. The lowest BCUT2D eigenvalue weighted by atomic mass is 9.65. The van der Waals surface area contributed by atoms with Crippen molar-refractivity contribution in [1.82, 2.24) is 9.78 Å². The number of fused-ring (bicyclic) bond motifs is 2. The highest BCUT2D eigenvalue weighted by atomic mass is 19.1. The molecule has 2 aliphatic carbocycles. The fourth-order valence-corrected chi connectivity index (χ4v) is 5.39. The van der Waals surface area contributed by atoms with E-state index in [-0.39, 0.29) is 11.4 Å². The van der Waals surface area contributed by atoms with Gasteiger partial charge in [0, 0.05) is 5.41 Å². The Kier molecular flexibility index (Phi) is 4.86. The molecule has 0 aliphatic heterocycles. The topological polar surface area (TPSA) is 55.1 Å². The molecule has 2 aliphatic rings. The molecule has 0 unspecified atom stereocenters. The summed E-state index contributed by atoms with van der Waals surface area (Å²) in [7, 11) is 0. The number of hydrogen-bond donors (Lipinski definition) is 1. The van der Waals surface area contributed by atoms with Crippen LogP contribution in [0, 0.1) is 17.0 Å². The number of aromatic nitrogens is 2. The van der Waals surface area contributed by atoms with Crippen LogP contribution in [0.15, 0.2) is 54.2 Å². The minimum absolute atomic E-state index is 0.0709. The summed E-state index contributed by atoms with van der Waals surface area (Å²) in [6, 6.07) is 10.8. The first-order valence-electron chi connectivity index (χ1n) is 10.8. The largest absolute Gasteiger partial charge is 0.389 e. The number of aldehydes is 1. The molecule has 0 radical (unpaired) electrons. The zero-order valence-corrected chi connectivity index (χ0v) is 17.8. The molecule has 4 nitrogen and oxygen atoms in total. The normalized spacial score (nSPS) is 24.1. The molecule has 0 spiro atoms. The summed E-state index contributed by atoms with van der Waals surface area (Å²) >= 11 is 0. The van der Waals surface area contributed by atoms with Crippen molar-refractivity contribution in [2.75, 3.05) is 0 Å². The van der Waals surface area contributed by atoms with Crippen molar-refractivity contribution in [3.63, 3.8) is 0 Å². The third-order valence-electron chi connectivity index (χ3n) is 7.43. The van der Waals surface area contributed by atoms with Crippen molar-refractivity contribution in [2.45, 2.75) is 44.6 Å². The van der Waals surface area contributed by atoms with Crippen molar-refractivity contribution < 1.29 is 18.7 Å². The fourth-order valence-electron chi connectivity index (χ4n) is 5.39. The van der Waals surface area contributed by atoms with Crippen LogP contribution in [0.1, 0.15) is 53.4 Å². The highest BCUT2D eigenvalue weighted by Crippen LogP contribution is 2.56. The first kappa shape index (κ1) is 20.8. The van der Waals surface area contributed by atoms with Crippen LogP contribution >= 0.6 is 0 Å². The zero-order chi connectivity index (χ0) is 22.5. The first-order valence-corrected chi connectivity index (χ1v) is 10.8. The van der Waals surface area contributed by atoms with Crippen LogP contribution < -0.4 is 0 Å². The molecule has 32 heavy (non-hydrogen) atoms. The molecule has 5 rings (SSSR count). The van der Waals surface area contributed by atoms with Crippen molar-refractivity contribution in [3.05, 3.63) is 88.3 Å². The summed E-state index contributed by atoms with van der Waals surface area (Å²) < 4.78 is 29.1. The molecule has 0 bridgehead atoms. The van der Waals surface area contributed by atoms with Crippen molar-refractivity contribution in [2.24, 2.45) is 5.41 Å². The Morgan fingerprint density at radius 1 is 1.19 bits per heavy atom. The number of hydrogen-bond acceptors (Lipinski definition) is 3. The van der Waals surface area contributed by atoms with E-state index in [0.29, 0.717) is 37.5 Å². The Morgan fingerprint density at radius 3 is 2.72 bits per heavy atom. The second-order valence-corrected chi connectivity index (χ2v) is 9.08. The number of halogens is 2. The van der Waals surface area contributed by atoms with E-state index in [1.807, 2.05) is 10.9 Å². The first-order chi connectivity index (χ1) is 15.3. The van der Waals surface area contributed by atoms with E-state index >= 15 is 0 Å². The van der Waals surface area contributed by atoms with Crippen LogP contribution in [0.5, 0.6) is 0 Å². The second-order valence-electron chi connectivity index (χ2n) is 9.08. The van der Waals surface area contributed by atoms with Gasteiger partial charge in [0.05, 0.1) is 28.7 Å². The maximum atomic E-state index is 14.0. The summed E-state index contributed by atoms with van der Waals surface area (Å²) in [6.45, 7) is 2.08. The van der Waals surface area contributed by atoms with E-state index in [0.717, 1.165) is 28.9 Å². The van der Waals surface area contributed by atoms with Crippen molar-refractivity contribution in [1.29, 1.82) is 0 Å². The molecule has 0 saturated heterocycles. The molecule has 1 saturated carbocycles. The van der Waals surface area contributed by atoms with Gasteiger partial charge in [-0.15, -0.1) is 0 Å². The third-order valence-corrected chi connectivity index (χ3v) is 7.43. The summed E-state index contributed by atoms with van der Waals surface area (Å²) in [5.74, 6) is -0.823. The lowest BCUT2D eigenvalue weighted by Crippen LogP contribution is -2.45. The van der Waals surface area contributed by atoms with Crippen LogP contribution in [0.25, 0.3) is 11.8 Å². The molecule has 164 valence electrons. The number of carbonyl (C=O) groups excluding carboxylic acids is 1. The number of aryl methyl sites for hydroxylation is 1. The van der Waals surface area contributed by atoms with Crippen LogP contribution in [0.4, 0.5) is 8.78 Å². The molecule has 0 amide bonds. The Balaban J connectivity index is 1.44. The Bertz CT molecular complexity index is 1230. The van der Waals surface area contributed by atoms with Crippen molar-refractivity contribution in [3.8, 4) is 5.69 Å². The van der Waals surface area contributed by atoms with E-state index < -0.39 is 16.8 Å². The smallest absolute Gasteiger partial charge is 0.153 e. The standard InChI is InChI=1S/C26H24F2N2O2/c1-25-14-18-15-29-30(21-7-5-20(27)6-8-21)24(18)13-19(25)10-12-26(25,32)11-9-17-3-2-4-23(28)22(17)16-31/h2-8,13,15-16,32H,9-12,14H2,1H3/t25-,26-/m0/s1. The second kappa shape index (κ2) is 7.48. The average Bonchev–Trinajstić information content (AvgIpc) is 3.29. The number of carbonyl (C=O) groups is 1. The quantitative estimate of drug-likeness (QED) is 0.571. The molecule has 1 heterocycles. The number of benzene rings is 2. The molecule has 3 aromatic rings. The highest BCUT2D eigenvalue weighted by molar-refractivity contribution is 5.77. The van der Waals surface area contributed by atoms with Crippen LogP contribution in [-0.4, -0.2) is 26.8 Å². The Hall–Kier alpha value is -3.12. The Labute approximate surface area is 185 Å². The van der Waals surface area contributed by atoms with E-state index in [4.69, 9.17) is 0 Å². The predicted octanol–water partition coefficient (Wildman–Crippen LogP) is 5.07. The summed E-state index contributed by atoms with van der Waals surface area (Å²) in [5, 5.41) is 16.2. The van der Waals surface area contributed by atoms with Gasteiger partial charge in [-0.05, 0) is 79.6 Å². The molecule has 1 fully saturated rings. The van der Waals surface area contributed by atoms with Crippen molar-refractivity contribution >= 4 is 12.4 Å². The van der Waals surface area contributed by atoms with Gasteiger partial charge >= 0.3 is 0 Å². The lowest BCUT2D eigenvalue weighted by Gasteiger charge is -2.42. The highest BCUT2D eigenvalue weighted by Gasteiger charge is 2.54. The molecular formula is C26H24F2N2O2. The molecular weight excluding hydrogens is 410 g/mol. The molecule has 2 atom stereocenters. The summed E-state index contributed by atoms with van der Waals surface area (Å²) in [6.07, 6.45) is 7.32. The third kappa shape index (κ3) is 3.13. The molecule has 1 aromatic heterocycles.